The number of fused-ring (bicyclic) bond motifs is 1. The van der Waals surface area contributed by atoms with Gasteiger partial charge in [0.15, 0.2) is 0 Å². The Bertz CT molecular complexity index is 743. The average Bonchev–Trinajstić information content (AvgIpc) is 3.14. The normalized spacial score (nSPS) is 17.3. The Kier molecular flexibility index (Phi) is 5.38. The van der Waals surface area contributed by atoms with Crippen LogP contribution in [-0.4, -0.2) is 24.5 Å². The maximum atomic E-state index is 12.8. The van der Waals surface area contributed by atoms with Crippen LogP contribution in [0.2, 0.25) is 0 Å². The molecule has 0 spiro atoms. The third kappa shape index (κ3) is 4.02. The van der Waals surface area contributed by atoms with E-state index in [1.54, 1.807) is 6.07 Å². The number of amides is 2. The van der Waals surface area contributed by atoms with Crippen LogP contribution in [0.3, 0.4) is 0 Å². The van der Waals surface area contributed by atoms with E-state index in [0.29, 0.717) is 17.9 Å². The van der Waals surface area contributed by atoms with Gasteiger partial charge in [0.05, 0.1) is 17.5 Å². The molecule has 132 valence electrons. The third-order valence-electron chi connectivity index (χ3n) is 4.26. The van der Waals surface area contributed by atoms with E-state index in [-0.39, 0.29) is 23.8 Å². The number of para-hydroxylation sites is 1. The number of rotatable bonds is 5. The molecule has 0 saturated carbocycles. The van der Waals surface area contributed by atoms with Gasteiger partial charge in [-0.3, -0.25) is 9.59 Å². The summed E-state index contributed by atoms with van der Waals surface area (Å²) < 4.78 is 5.64. The summed E-state index contributed by atoms with van der Waals surface area (Å²) in [6.07, 6.45) is 0.715. The van der Waals surface area contributed by atoms with Gasteiger partial charge in [-0.05, 0) is 23.4 Å². The highest BCUT2D eigenvalue weighted by Crippen LogP contribution is 2.31. The summed E-state index contributed by atoms with van der Waals surface area (Å²) in [6.45, 7) is 4.42. The van der Waals surface area contributed by atoms with Crippen molar-refractivity contribution in [1.82, 2.24) is 10.6 Å². The Balaban J connectivity index is 1.71. The summed E-state index contributed by atoms with van der Waals surface area (Å²) in [4.78, 5) is 25.7. The molecule has 3 rings (SSSR count). The first-order chi connectivity index (χ1) is 12.1. The van der Waals surface area contributed by atoms with E-state index in [0.717, 1.165) is 11.3 Å². The number of carbonyl (C=O) groups excluding carboxylic acids is 2. The lowest BCUT2D eigenvalue weighted by Gasteiger charge is -2.29. The molecule has 1 aromatic heterocycles. The van der Waals surface area contributed by atoms with Crippen LogP contribution < -0.4 is 15.4 Å². The molecule has 5 nitrogen and oxygen atoms in total. The van der Waals surface area contributed by atoms with Gasteiger partial charge in [-0.15, -0.1) is 11.3 Å². The fourth-order valence-electron chi connectivity index (χ4n) is 2.91. The van der Waals surface area contributed by atoms with E-state index in [1.807, 2.05) is 49.6 Å². The minimum atomic E-state index is -0.579. The number of hydrogen-bond acceptors (Lipinski definition) is 4. The van der Waals surface area contributed by atoms with E-state index >= 15 is 0 Å². The van der Waals surface area contributed by atoms with Crippen molar-refractivity contribution in [1.29, 1.82) is 0 Å². The van der Waals surface area contributed by atoms with Crippen LogP contribution in [0.5, 0.6) is 5.75 Å². The first kappa shape index (κ1) is 17.5. The Morgan fingerprint density at radius 2 is 2.00 bits per heavy atom. The second kappa shape index (κ2) is 7.70. The maximum absolute atomic E-state index is 12.8. The van der Waals surface area contributed by atoms with Gasteiger partial charge in [0.25, 0.3) is 5.91 Å². The second-order valence-corrected chi connectivity index (χ2v) is 7.36. The topological polar surface area (TPSA) is 67.4 Å². The monoisotopic (exact) mass is 358 g/mol. The molecule has 0 saturated heterocycles. The Morgan fingerprint density at radius 1 is 1.20 bits per heavy atom. The Labute approximate surface area is 151 Å². The lowest BCUT2D eigenvalue weighted by atomic mass is 9.98. The van der Waals surface area contributed by atoms with Crippen LogP contribution in [0.15, 0.2) is 41.8 Å². The smallest absolute Gasteiger partial charge is 0.262 e. The highest BCUT2D eigenvalue weighted by molar-refractivity contribution is 7.12. The number of thiophene rings is 1. The minimum absolute atomic E-state index is 0.0148. The summed E-state index contributed by atoms with van der Waals surface area (Å²) in [5.41, 5.74) is 0.981. The fourth-order valence-corrected chi connectivity index (χ4v) is 3.54. The van der Waals surface area contributed by atoms with Crippen molar-refractivity contribution in [3.05, 3.63) is 52.2 Å². The molecule has 2 N–H and O–H groups in total. The molecular weight excluding hydrogens is 336 g/mol. The number of ether oxygens (including phenoxy) is 1. The molecule has 0 fully saturated rings. The molecule has 0 unspecified atom stereocenters. The average molecular weight is 358 g/mol. The van der Waals surface area contributed by atoms with E-state index in [4.69, 9.17) is 4.74 Å². The maximum Gasteiger partial charge on any atom is 0.262 e. The van der Waals surface area contributed by atoms with Gasteiger partial charge in [-0.25, -0.2) is 0 Å². The zero-order chi connectivity index (χ0) is 17.8. The molecule has 1 aliphatic heterocycles. The molecule has 1 aliphatic rings. The first-order valence-corrected chi connectivity index (χ1v) is 9.30. The summed E-state index contributed by atoms with van der Waals surface area (Å²) in [5.74, 6) is 0.416. The van der Waals surface area contributed by atoms with Gasteiger partial charge < -0.3 is 15.4 Å². The van der Waals surface area contributed by atoms with Gasteiger partial charge in [-0.2, -0.15) is 0 Å². The molecule has 2 heterocycles. The highest BCUT2D eigenvalue weighted by atomic mass is 32.1. The molecule has 2 amide bonds. The predicted octanol–water partition coefficient (Wildman–Crippen LogP) is 3.14. The molecule has 0 bridgehead atoms. The van der Waals surface area contributed by atoms with E-state index < -0.39 is 6.04 Å². The third-order valence-corrected chi connectivity index (χ3v) is 5.12. The standard InChI is InChI=1S/C19H22N2O3S/c1-12(2)17(21-18(22)16-8-5-11-25-16)19(23)20-14-9-10-24-15-7-4-3-6-13(14)15/h3-8,11-12,14,17H,9-10H2,1-2H3,(H,20,23)(H,21,22)/t14-,17-/m0/s1. The molecule has 0 radical (unpaired) electrons. The summed E-state index contributed by atoms with van der Waals surface area (Å²) in [5, 5.41) is 7.78. The van der Waals surface area contributed by atoms with Gasteiger partial charge in [-0.1, -0.05) is 38.1 Å². The summed E-state index contributed by atoms with van der Waals surface area (Å²) in [6, 6.07) is 10.6. The highest BCUT2D eigenvalue weighted by Gasteiger charge is 2.29. The molecule has 2 aromatic rings. The quantitative estimate of drug-likeness (QED) is 0.863. The molecule has 6 heteroatoms. The fraction of sp³-hybridized carbons (Fsp3) is 0.368. The second-order valence-electron chi connectivity index (χ2n) is 6.41. The van der Waals surface area contributed by atoms with Crippen molar-refractivity contribution in [3.63, 3.8) is 0 Å². The van der Waals surface area contributed by atoms with Crippen molar-refractivity contribution < 1.29 is 14.3 Å². The van der Waals surface area contributed by atoms with Gasteiger partial charge in [0.2, 0.25) is 5.91 Å². The molecule has 1 aromatic carbocycles. The van der Waals surface area contributed by atoms with Gasteiger partial charge >= 0.3 is 0 Å². The van der Waals surface area contributed by atoms with Crippen LogP contribution in [0, 0.1) is 5.92 Å². The number of benzene rings is 1. The van der Waals surface area contributed by atoms with Crippen LogP contribution in [-0.2, 0) is 4.79 Å². The SMILES string of the molecule is CC(C)[C@H](NC(=O)c1cccs1)C(=O)N[C@H]1CCOc2ccccc21. The van der Waals surface area contributed by atoms with E-state index in [2.05, 4.69) is 10.6 Å². The summed E-state index contributed by atoms with van der Waals surface area (Å²) >= 11 is 1.36. The molecule has 2 atom stereocenters. The predicted molar refractivity (Wildman–Crippen MR) is 97.8 cm³/mol. The van der Waals surface area contributed by atoms with Crippen molar-refractivity contribution in [3.8, 4) is 5.75 Å². The molecular formula is C19H22N2O3S. The largest absolute Gasteiger partial charge is 0.493 e. The van der Waals surface area contributed by atoms with Crippen LogP contribution in [0.4, 0.5) is 0 Å². The molecule has 25 heavy (non-hydrogen) atoms. The van der Waals surface area contributed by atoms with Gasteiger partial charge in [0, 0.05) is 12.0 Å². The Morgan fingerprint density at radius 3 is 2.72 bits per heavy atom. The lowest BCUT2D eigenvalue weighted by molar-refractivity contribution is -0.124. The lowest BCUT2D eigenvalue weighted by Crippen LogP contribution is -2.50. The number of carbonyl (C=O) groups is 2. The Hall–Kier alpha value is -2.34. The van der Waals surface area contributed by atoms with E-state index in [9.17, 15) is 9.59 Å². The van der Waals surface area contributed by atoms with Crippen LogP contribution in [0.25, 0.3) is 0 Å². The van der Waals surface area contributed by atoms with Gasteiger partial charge in [0.1, 0.15) is 11.8 Å². The van der Waals surface area contributed by atoms with Crippen molar-refractivity contribution in [2.24, 2.45) is 5.92 Å². The first-order valence-electron chi connectivity index (χ1n) is 8.42. The zero-order valence-corrected chi connectivity index (χ0v) is 15.1. The minimum Gasteiger partial charge on any atom is -0.493 e. The number of nitrogens with one attached hydrogen (secondary N) is 2. The van der Waals surface area contributed by atoms with Crippen molar-refractivity contribution >= 4 is 23.2 Å². The number of hydrogen-bond donors (Lipinski definition) is 2. The van der Waals surface area contributed by atoms with E-state index in [1.165, 1.54) is 11.3 Å². The zero-order valence-electron chi connectivity index (χ0n) is 14.3. The summed E-state index contributed by atoms with van der Waals surface area (Å²) in [7, 11) is 0. The van der Waals surface area contributed by atoms with Crippen molar-refractivity contribution in [2.75, 3.05) is 6.61 Å². The van der Waals surface area contributed by atoms with Crippen LogP contribution in [0.1, 0.15) is 41.5 Å². The molecule has 0 aliphatic carbocycles. The van der Waals surface area contributed by atoms with Crippen molar-refractivity contribution in [2.45, 2.75) is 32.4 Å². The van der Waals surface area contributed by atoms with Crippen LogP contribution >= 0.6 is 11.3 Å².